The van der Waals surface area contributed by atoms with E-state index in [1.54, 1.807) is 24.4 Å². The van der Waals surface area contributed by atoms with Crippen LogP contribution in [0.15, 0.2) is 64.2 Å². The Labute approximate surface area is 156 Å². The molecule has 7 heteroatoms. The second-order valence-electron chi connectivity index (χ2n) is 6.78. The van der Waals surface area contributed by atoms with Gasteiger partial charge in [0.25, 0.3) is 0 Å². The maximum atomic E-state index is 13.2. The van der Waals surface area contributed by atoms with E-state index in [0.717, 1.165) is 28.6 Å². The molecule has 0 N–H and O–H groups in total. The molecule has 3 heterocycles. The van der Waals surface area contributed by atoms with Crippen LogP contribution in [0.25, 0.3) is 21.9 Å². The van der Waals surface area contributed by atoms with E-state index >= 15 is 0 Å². The van der Waals surface area contributed by atoms with Gasteiger partial charge in [0.05, 0.1) is 5.52 Å². The summed E-state index contributed by atoms with van der Waals surface area (Å²) >= 11 is 0. The molecule has 0 fully saturated rings. The van der Waals surface area contributed by atoms with Crippen LogP contribution in [0, 0.1) is 0 Å². The molecule has 0 amide bonds. The quantitative estimate of drug-likeness (QED) is 0.531. The van der Waals surface area contributed by atoms with E-state index in [2.05, 4.69) is 4.90 Å². The summed E-state index contributed by atoms with van der Waals surface area (Å²) in [5.74, 6) is 0.811. The molecule has 0 saturated heterocycles. The number of hydrogen-bond donors (Lipinski definition) is 0. The summed E-state index contributed by atoms with van der Waals surface area (Å²) in [6.07, 6.45) is 1.58. The van der Waals surface area contributed by atoms with Crippen LogP contribution in [0.5, 0.6) is 5.75 Å². The molecule has 5 rings (SSSR count). The first-order chi connectivity index (χ1) is 13.0. The van der Waals surface area contributed by atoms with Gasteiger partial charge in [-0.15, -0.1) is 0 Å². The molecule has 0 radical (unpaired) electrons. The fourth-order valence-electron chi connectivity index (χ4n) is 3.58. The van der Waals surface area contributed by atoms with Gasteiger partial charge in [-0.3, -0.25) is 4.90 Å². The van der Waals surface area contributed by atoms with Crippen LogP contribution in [0.1, 0.15) is 5.56 Å². The normalized spacial score (nSPS) is 15.6. The van der Waals surface area contributed by atoms with Gasteiger partial charge in [-0.1, -0.05) is 18.2 Å². The third-order valence-electron chi connectivity index (χ3n) is 4.98. The number of benzene rings is 2. The number of ether oxygens (including phenoxy) is 1. The summed E-state index contributed by atoms with van der Waals surface area (Å²) in [5, 5.41) is 1.57. The van der Waals surface area contributed by atoms with Gasteiger partial charge in [0, 0.05) is 41.7 Å². The predicted octanol–water partition coefficient (Wildman–Crippen LogP) is 3.45. The maximum absolute atomic E-state index is 13.2. The minimum atomic E-state index is -3.84. The molecule has 0 bridgehead atoms. The Morgan fingerprint density at radius 1 is 1.07 bits per heavy atom. The molecule has 1 aliphatic rings. The van der Waals surface area contributed by atoms with Crippen LogP contribution < -0.4 is 4.74 Å². The van der Waals surface area contributed by atoms with Gasteiger partial charge in [-0.2, -0.15) is 8.42 Å². The first kappa shape index (κ1) is 16.4. The summed E-state index contributed by atoms with van der Waals surface area (Å²) < 4.78 is 39.1. The molecular weight excluding hydrogens is 364 g/mol. The van der Waals surface area contributed by atoms with E-state index in [-0.39, 0.29) is 5.09 Å². The SMILES string of the molecule is CN1CCOc2ccc3c(ccn3S(=O)(=O)c3cc4ccccc4o3)c2C1. The minimum Gasteiger partial charge on any atom is -0.492 e. The average Bonchev–Trinajstić information content (AvgIpc) is 3.23. The molecule has 0 aliphatic carbocycles. The molecule has 0 saturated carbocycles. The van der Waals surface area contributed by atoms with Crippen molar-refractivity contribution >= 4 is 31.9 Å². The van der Waals surface area contributed by atoms with Crippen molar-refractivity contribution in [3.8, 4) is 5.75 Å². The number of nitrogens with zero attached hydrogens (tertiary/aromatic N) is 2. The highest BCUT2D eigenvalue weighted by Crippen LogP contribution is 2.33. The molecule has 2 aromatic carbocycles. The van der Waals surface area contributed by atoms with Gasteiger partial charge in [0.15, 0.2) is 0 Å². The minimum absolute atomic E-state index is 0.0653. The molecule has 0 unspecified atom stereocenters. The van der Waals surface area contributed by atoms with E-state index in [1.165, 1.54) is 3.97 Å². The lowest BCUT2D eigenvalue weighted by Gasteiger charge is -2.13. The molecule has 0 atom stereocenters. The van der Waals surface area contributed by atoms with Crippen LogP contribution in [0.2, 0.25) is 0 Å². The van der Waals surface area contributed by atoms with E-state index in [0.29, 0.717) is 24.3 Å². The summed E-state index contributed by atoms with van der Waals surface area (Å²) in [4.78, 5) is 2.16. The highest BCUT2D eigenvalue weighted by Gasteiger charge is 2.25. The number of furan rings is 1. The van der Waals surface area contributed by atoms with Gasteiger partial charge in [-0.05, 0) is 31.3 Å². The van der Waals surface area contributed by atoms with Crippen LogP contribution in [0.3, 0.4) is 0 Å². The molecular formula is C20H18N2O4S. The topological polar surface area (TPSA) is 64.7 Å². The van der Waals surface area contributed by atoms with Crippen molar-refractivity contribution in [3.63, 3.8) is 0 Å². The van der Waals surface area contributed by atoms with Crippen molar-refractivity contribution in [2.75, 3.05) is 20.2 Å². The molecule has 1 aliphatic heterocycles. The molecule has 138 valence electrons. The highest BCUT2D eigenvalue weighted by atomic mass is 32.2. The van der Waals surface area contributed by atoms with E-state index in [4.69, 9.17) is 9.15 Å². The summed E-state index contributed by atoms with van der Waals surface area (Å²) in [6, 6.07) is 14.3. The van der Waals surface area contributed by atoms with Crippen LogP contribution in [0.4, 0.5) is 0 Å². The lowest BCUT2D eigenvalue weighted by Crippen LogP contribution is -2.20. The first-order valence-electron chi connectivity index (χ1n) is 8.72. The van der Waals surface area contributed by atoms with E-state index < -0.39 is 10.0 Å². The molecule has 0 spiro atoms. The van der Waals surface area contributed by atoms with Gasteiger partial charge in [0.2, 0.25) is 5.09 Å². The lowest BCUT2D eigenvalue weighted by molar-refractivity contribution is 0.259. The third kappa shape index (κ3) is 2.54. The van der Waals surface area contributed by atoms with Gasteiger partial charge in [0.1, 0.15) is 17.9 Å². The Morgan fingerprint density at radius 2 is 1.93 bits per heavy atom. The number of fused-ring (bicyclic) bond motifs is 4. The zero-order valence-electron chi connectivity index (χ0n) is 14.8. The third-order valence-corrected chi connectivity index (χ3v) is 6.53. The second-order valence-corrected chi connectivity index (χ2v) is 8.53. The van der Waals surface area contributed by atoms with Crippen LogP contribution in [-0.4, -0.2) is 37.5 Å². The van der Waals surface area contributed by atoms with Gasteiger partial charge >= 0.3 is 10.0 Å². The average molecular weight is 382 g/mol. The van der Waals surface area contributed by atoms with Crippen molar-refractivity contribution in [2.45, 2.75) is 11.6 Å². The Morgan fingerprint density at radius 3 is 2.78 bits per heavy atom. The molecule has 6 nitrogen and oxygen atoms in total. The lowest BCUT2D eigenvalue weighted by atomic mass is 10.1. The van der Waals surface area contributed by atoms with Crippen molar-refractivity contribution in [1.82, 2.24) is 8.87 Å². The van der Waals surface area contributed by atoms with Crippen molar-refractivity contribution in [1.29, 1.82) is 0 Å². The van der Waals surface area contributed by atoms with Crippen molar-refractivity contribution < 1.29 is 17.6 Å². The zero-order chi connectivity index (χ0) is 18.6. The first-order valence-corrected chi connectivity index (χ1v) is 10.2. The van der Waals surface area contributed by atoms with Crippen molar-refractivity contribution in [3.05, 3.63) is 60.3 Å². The Hall–Kier alpha value is -2.77. The molecule has 4 aromatic rings. The number of aromatic nitrogens is 1. The number of rotatable bonds is 2. The summed E-state index contributed by atoms with van der Waals surface area (Å²) in [6.45, 7) is 2.16. The van der Waals surface area contributed by atoms with Gasteiger partial charge in [-0.25, -0.2) is 3.97 Å². The monoisotopic (exact) mass is 382 g/mol. The van der Waals surface area contributed by atoms with Crippen molar-refractivity contribution in [2.24, 2.45) is 0 Å². The smallest absolute Gasteiger partial charge is 0.301 e. The van der Waals surface area contributed by atoms with Crippen LogP contribution >= 0.6 is 0 Å². The fraction of sp³-hybridized carbons (Fsp3) is 0.200. The summed E-state index contributed by atoms with van der Waals surface area (Å²) in [7, 11) is -1.81. The number of likely N-dealkylation sites (N-methyl/N-ethyl adjacent to an activating group) is 1. The standard InChI is InChI=1S/C20H18N2O4S/c1-21-10-11-25-19-7-6-17-15(16(19)13-21)8-9-22(17)27(23,24)20-12-14-4-2-3-5-18(14)26-20/h2-9,12H,10-11,13H2,1H3. The largest absolute Gasteiger partial charge is 0.492 e. The van der Waals surface area contributed by atoms with E-state index in [9.17, 15) is 8.42 Å². The second kappa shape index (κ2) is 5.87. The summed E-state index contributed by atoms with van der Waals surface area (Å²) in [5.41, 5.74) is 2.18. The van der Waals surface area contributed by atoms with Crippen LogP contribution in [-0.2, 0) is 16.6 Å². The molecule has 27 heavy (non-hydrogen) atoms. The maximum Gasteiger partial charge on any atom is 0.301 e. The number of hydrogen-bond acceptors (Lipinski definition) is 5. The zero-order valence-corrected chi connectivity index (χ0v) is 15.6. The fourth-order valence-corrected chi connectivity index (χ4v) is 4.89. The highest BCUT2D eigenvalue weighted by molar-refractivity contribution is 7.90. The Kier molecular flexibility index (Phi) is 3.57. The number of para-hydroxylation sites is 1. The molecule has 2 aromatic heterocycles. The van der Waals surface area contributed by atoms with Gasteiger partial charge < -0.3 is 9.15 Å². The Balaban J connectivity index is 1.69. The predicted molar refractivity (Wildman–Crippen MR) is 103 cm³/mol. The Bertz CT molecular complexity index is 1240. The van der Waals surface area contributed by atoms with E-state index in [1.807, 2.05) is 37.4 Å².